The van der Waals surface area contributed by atoms with E-state index in [0.29, 0.717) is 57.6 Å². The van der Waals surface area contributed by atoms with Gasteiger partial charge in [-0.1, -0.05) is 5.16 Å². The summed E-state index contributed by atoms with van der Waals surface area (Å²) in [7, 11) is 4.11. The van der Waals surface area contributed by atoms with E-state index in [-0.39, 0.29) is 5.91 Å². The Hall–Kier alpha value is -4.19. The Bertz CT molecular complexity index is 1290. The first kappa shape index (κ1) is 23.5. The van der Waals surface area contributed by atoms with Gasteiger partial charge in [0.1, 0.15) is 22.8 Å². The average molecular weight is 492 g/mol. The second kappa shape index (κ2) is 9.46. The lowest BCUT2D eigenvalue weighted by Gasteiger charge is -2.35. The molecule has 4 heterocycles. The predicted molar refractivity (Wildman–Crippen MR) is 137 cm³/mol. The van der Waals surface area contributed by atoms with E-state index in [2.05, 4.69) is 53.2 Å². The monoisotopic (exact) mass is 491 g/mol. The number of carbonyl (C=O) groups excluding carboxylic acids is 2. The number of carbonyl (C=O) groups is 2. The van der Waals surface area contributed by atoms with E-state index < -0.39 is 6.03 Å². The van der Waals surface area contributed by atoms with Gasteiger partial charge in [-0.3, -0.25) is 4.79 Å². The Morgan fingerprint density at radius 3 is 2.67 bits per heavy atom. The summed E-state index contributed by atoms with van der Waals surface area (Å²) in [6.45, 7) is 5.52. The summed E-state index contributed by atoms with van der Waals surface area (Å²) >= 11 is 0. The van der Waals surface area contributed by atoms with Crippen molar-refractivity contribution >= 4 is 46.5 Å². The second-order valence-corrected chi connectivity index (χ2v) is 9.20. The van der Waals surface area contributed by atoms with Crippen LogP contribution in [0.15, 0.2) is 28.9 Å². The van der Waals surface area contributed by atoms with Gasteiger partial charge in [-0.2, -0.15) is 4.98 Å². The maximum absolute atomic E-state index is 12.8. The Balaban J connectivity index is 1.36. The van der Waals surface area contributed by atoms with Gasteiger partial charge in [0.25, 0.3) is 5.91 Å². The SMILES string of the molecule is Cc1noc(C)c1NC(=O)Nc1ccc2c(c1)Nc1nc(N(C)C3CCN(C)CC3)ncc1C(=O)N2. The zero-order valence-corrected chi connectivity index (χ0v) is 20.7. The highest BCUT2D eigenvalue weighted by molar-refractivity contribution is 6.12. The molecule has 1 aromatic carbocycles. The van der Waals surface area contributed by atoms with Crippen molar-refractivity contribution in [3.05, 3.63) is 41.4 Å². The molecule has 3 amide bonds. The lowest BCUT2D eigenvalue weighted by Crippen LogP contribution is -2.42. The number of anilines is 6. The number of nitrogens with one attached hydrogen (secondary N) is 4. The van der Waals surface area contributed by atoms with Crippen LogP contribution in [0.25, 0.3) is 0 Å². The fourth-order valence-corrected chi connectivity index (χ4v) is 4.44. The molecule has 2 aromatic heterocycles. The van der Waals surface area contributed by atoms with Gasteiger partial charge in [-0.25, -0.2) is 9.78 Å². The number of urea groups is 1. The van der Waals surface area contributed by atoms with Crippen molar-refractivity contribution in [3.8, 4) is 0 Å². The highest BCUT2D eigenvalue weighted by Crippen LogP contribution is 2.34. The largest absolute Gasteiger partial charge is 0.359 e. The summed E-state index contributed by atoms with van der Waals surface area (Å²) in [5.41, 5.74) is 3.16. The molecule has 12 heteroatoms. The Morgan fingerprint density at radius 1 is 1.17 bits per heavy atom. The van der Waals surface area contributed by atoms with Gasteiger partial charge in [-0.05, 0) is 65.0 Å². The van der Waals surface area contributed by atoms with Crippen LogP contribution in [0.2, 0.25) is 0 Å². The Kier molecular flexibility index (Phi) is 6.18. The number of aryl methyl sites for hydroxylation is 2. The molecule has 12 nitrogen and oxygen atoms in total. The highest BCUT2D eigenvalue weighted by Gasteiger charge is 2.26. The zero-order chi connectivity index (χ0) is 25.4. The number of piperidine rings is 1. The lowest BCUT2D eigenvalue weighted by molar-refractivity contribution is 0.102. The fraction of sp³-hybridized carbons (Fsp3) is 0.375. The number of hydrogen-bond acceptors (Lipinski definition) is 9. The zero-order valence-electron chi connectivity index (χ0n) is 20.7. The van der Waals surface area contributed by atoms with Crippen molar-refractivity contribution in [3.63, 3.8) is 0 Å². The molecule has 36 heavy (non-hydrogen) atoms. The van der Waals surface area contributed by atoms with E-state index in [1.165, 1.54) is 0 Å². The molecule has 0 aliphatic carbocycles. The van der Waals surface area contributed by atoms with Crippen molar-refractivity contribution in [2.45, 2.75) is 32.7 Å². The summed E-state index contributed by atoms with van der Waals surface area (Å²) in [4.78, 5) is 38.9. The van der Waals surface area contributed by atoms with Gasteiger partial charge in [-0.15, -0.1) is 0 Å². The van der Waals surface area contributed by atoms with Crippen LogP contribution in [0, 0.1) is 13.8 Å². The minimum Gasteiger partial charge on any atom is -0.359 e. The van der Waals surface area contributed by atoms with Gasteiger partial charge in [0, 0.05) is 25.0 Å². The standard InChI is InChI=1S/C24H29N9O3/c1-13-20(14(2)36-31-13)29-24(35)26-15-5-6-18-19(11-15)27-21-17(22(34)28-18)12-25-23(30-21)33(4)16-7-9-32(3)10-8-16/h5-6,11-12,16H,7-10H2,1-4H3,(H,28,34)(H,25,27,30)(H2,26,29,35). The third-order valence-corrected chi connectivity index (χ3v) is 6.62. The van der Waals surface area contributed by atoms with E-state index in [4.69, 9.17) is 4.52 Å². The van der Waals surface area contributed by atoms with Gasteiger partial charge in [0.15, 0.2) is 5.76 Å². The number of fused-ring (bicyclic) bond motifs is 2. The van der Waals surface area contributed by atoms with Crippen LogP contribution < -0.4 is 26.2 Å². The molecule has 188 valence electrons. The van der Waals surface area contributed by atoms with Crippen molar-refractivity contribution in [1.82, 2.24) is 20.0 Å². The van der Waals surface area contributed by atoms with Crippen LogP contribution in [0.4, 0.5) is 39.3 Å². The lowest BCUT2D eigenvalue weighted by atomic mass is 10.0. The number of amides is 3. The summed E-state index contributed by atoms with van der Waals surface area (Å²) < 4.78 is 5.09. The van der Waals surface area contributed by atoms with E-state index in [0.717, 1.165) is 25.9 Å². The molecule has 0 atom stereocenters. The Labute approximate surface area is 208 Å². The first-order valence-electron chi connectivity index (χ1n) is 11.8. The molecular weight excluding hydrogens is 462 g/mol. The maximum Gasteiger partial charge on any atom is 0.323 e. The van der Waals surface area contributed by atoms with Crippen LogP contribution >= 0.6 is 0 Å². The van der Waals surface area contributed by atoms with E-state index in [1.54, 1.807) is 38.2 Å². The number of nitrogens with zero attached hydrogens (tertiary/aromatic N) is 5. The van der Waals surface area contributed by atoms with Crippen LogP contribution in [0.1, 0.15) is 34.7 Å². The average Bonchev–Trinajstić information content (AvgIpc) is 3.09. The molecule has 5 rings (SSSR count). The number of hydrogen-bond donors (Lipinski definition) is 4. The molecule has 4 N–H and O–H groups in total. The van der Waals surface area contributed by atoms with Crippen molar-refractivity contribution < 1.29 is 14.1 Å². The molecule has 2 aliphatic heterocycles. The van der Waals surface area contributed by atoms with Crippen molar-refractivity contribution in [2.75, 3.05) is 53.4 Å². The molecule has 0 spiro atoms. The molecule has 3 aromatic rings. The maximum atomic E-state index is 12.8. The molecule has 0 saturated carbocycles. The minimum atomic E-state index is -0.438. The summed E-state index contributed by atoms with van der Waals surface area (Å²) in [5, 5.41) is 15.5. The normalized spacial score (nSPS) is 15.7. The molecule has 0 radical (unpaired) electrons. The molecular formula is C24H29N9O3. The number of aromatic nitrogens is 3. The highest BCUT2D eigenvalue weighted by atomic mass is 16.5. The Morgan fingerprint density at radius 2 is 1.94 bits per heavy atom. The predicted octanol–water partition coefficient (Wildman–Crippen LogP) is 3.57. The molecule has 1 fully saturated rings. The molecule has 0 unspecified atom stereocenters. The van der Waals surface area contributed by atoms with E-state index in [1.807, 2.05) is 7.05 Å². The number of likely N-dealkylation sites (tertiary alicyclic amines) is 1. The van der Waals surface area contributed by atoms with Crippen LogP contribution in [0.5, 0.6) is 0 Å². The summed E-state index contributed by atoms with van der Waals surface area (Å²) in [6, 6.07) is 5.05. The topological polar surface area (TPSA) is 141 Å². The third-order valence-electron chi connectivity index (χ3n) is 6.62. The van der Waals surface area contributed by atoms with E-state index in [9.17, 15) is 9.59 Å². The smallest absolute Gasteiger partial charge is 0.323 e. The van der Waals surface area contributed by atoms with Crippen LogP contribution in [-0.2, 0) is 0 Å². The fourth-order valence-electron chi connectivity index (χ4n) is 4.44. The van der Waals surface area contributed by atoms with Crippen LogP contribution in [0.3, 0.4) is 0 Å². The van der Waals surface area contributed by atoms with Crippen molar-refractivity contribution in [2.24, 2.45) is 0 Å². The van der Waals surface area contributed by atoms with Crippen LogP contribution in [-0.4, -0.2) is 65.2 Å². The molecule has 1 saturated heterocycles. The first-order valence-corrected chi connectivity index (χ1v) is 11.8. The first-order chi connectivity index (χ1) is 17.3. The quantitative estimate of drug-likeness (QED) is 0.431. The summed E-state index contributed by atoms with van der Waals surface area (Å²) in [5.74, 6) is 1.18. The second-order valence-electron chi connectivity index (χ2n) is 9.20. The summed E-state index contributed by atoms with van der Waals surface area (Å²) in [6.07, 6.45) is 3.60. The van der Waals surface area contributed by atoms with Gasteiger partial charge in [0.2, 0.25) is 5.95 Å². The third kappa shape index (κ3) is 4.67. The number of rotatable bonds is 4. The molecule has 2 aliphatic rings. The molecule has 0 bridgehead atoms. The minimum absolute atomic E-state index is 0.304. The number of benzene rings is 1. The van der Waals surface area contributed by atoms with Gasteiger partial charge in [0.05, 0.1) is 11.4 Å². The van der Waals surface area contributed by atoms with Gasteiger partial charge < -0.3 is 35.6 Å². The van der Waals surface area contributed by atoms with Gasteiger partial charge >= 0.3 is 6.03 Å². The van der Waals surface area contributed by atoms with E-state index >= 15 is 0 Å². The van der Waals surface area contributed by atoms with Crippen molar-refractivity contribution in [1.29, 1.82) is 0 Å².